The van der Waals surface area contributed by atoms with Crippen LogP contribution in [0, 0.1) is 5.92 Å². The average molecular weight is 184 g/mol. The molecule has 13 heavy (non-hydrogen) atoms. The van der Waals surface area contributed by atoms with Crippen molar-refractivity contribution in [3.05, 3.63) is 0 Å². The van der Waals surface area contributed by atoms with Gasteiger partial charge in [-0.2, -0.15) is 0 Å². The predicted octanol–water partition coefficient (Wildman–Crippen LogP) is 1.84. The highest BCUT2D eigenvalue weighted by atomic mass is 15.2. The fourth-order valence-corrected chi connectivity index (χ4v) is 2.18. The van der Waals surface area contributed by atoms with Crippen LogP contribution in [-0.4, -0.2) is 30.1 Å². The second kappa shape index (κ2) is 4.97. The first kappa shape index (κ1) is 11.0. The first-order valence-electron chi connectivity index (χ1n) is 5.68. The van der Waals surface area contributed by atoms with E-state index in [0.29, 0.717) is 12.1 Å². The molecule has 0 aromatic carbocycles. The van der Waals surface area contributed by atoms with Crippen molar-refractivity contribution >= 4 is 0 Å². The van der Waals surface area contributed by atoms with Gasteiger partial charge in [-0.1, -0.05) is 20.3 Å². The van der Waals surface area contributed by atoms with Crippen LogP contribution in [-0.2, 0) is 0 Å². The summed E-state index contributed by atoms with van der Waals surface area (Å²) >= 11 is 0. The smallest absolute Gasteiger partial charge is 0.0218 e. The summed E-state index contributed by atoms with van der Waals surface area (Å²) in [7, 11) is 0. The van der Waals surface area contributed by atoms with Gasteiger partial charge in [-0.15, -0.1) is 0 Å². The number of rotatable bonds is 4. The van der Waals surface area contributed by atoms with Crippen molar-refractivity contribution in [3.8, 4) is 0 Å². The quantitative estimate of drug-likeness (QED) is 0.722. The molecule has 1 saturated heterocycles. The van der Waals surface area contributed by atoms with Crippen molar-refractivity contribution in [3.63, 3.8) is 0 Å². The molecule has 1 aliphatic heterocycles. The van der Waals surface area contributed by atoms with Crippen molar-refractivity contribution in [2.45, 2.75) is 52.1 Å². The van der Waals surface area contributed by atoms with Crippen LogP contribution in [0.2, 0.25) is 0 Å². The van der Waals surface area contributed by atoms with Gasteiger partial charge in [0.1, 0.15) is 0 Å². The molecular weight excluding hydrogens is 160 g/mol. The molecule has 0 amide bonds. The number of hydrogen-bond acceptors (Lipinski definition) is 2. The van der Waals surface area contributed by atoms with Crippen LogP contribution in [0.25, 0.3) is 0 Å². The first-order valence-corrected chi connectivity index (χ1v) is 5.68. The highest BCUT2D eigenvalue weighted by molar-refractivity contribution is 4.83. The molecule has 1 fully saturated rings. The zero-order chi connectivity index (χ0) is 9.84. The Labute approximate surface area is 82.5 Å². The third-order valence-corrected chi connectivity index (χ3v) is 3.56. The van der Waals surface area contributed by atoms with Crippen molar-refractivity contribution in [1.29, 1.82) is 0 Å². The second-order valence-electron chi connectivity index (χ2n) is 4.37. The zero-order valence-electron chi connectivity index (χ0n) is 9.29. The van der Waals surface area contributed by atoms with Gasteiger partial charge in [-0.05, 0) is 32.2 Å². The van der Waals surface area contributed by atoms with Crippen molar-refractivity contribution < 1.29 is 0 Å². The summed E-state index contributed by atoms with van der Waals surface area (Å²) in [5, 5.41) is 0. The normalized spacial score (nSPS) is 29.1. The summed E-state index contributed by atoms with van der Waals surface area (Å²) in [6.07, 6.45) is 3.79. The SMILES string of the molecule is CCC1CCN(C(C)C(N)CC)C1. The second-order valence-corrected chi connectivity index (χ2v) is 4.37. The largest absolute Gasteiger partial charge is 0.326 e. The fraction of sp³-hybridized carbons (Fsp3) is 1.00. The van der Waals surface area contributed by atoms with E-state index in [9.17, 15) is 0 Å². The van der Waals surface area contributed by atoms with E-state index in [0.717, 1.165) is 12.3 Å². The van der Waals surface area contributed by atoms with Crippen LogP contribution in [0.5, 0.6) is 0 Å². The summed E-state index contributed by atoms with van der Waals surface area (Å²) in [6.45, 7) is 9.26. The van der Waals surface area contributed by atoms with Crippen LogP contribution in [0.15, 0.2) is 0 Å². The highest BCUT2D eigenvalue weighted by Gasteiger charge is 2.26. The van der Waals surface area contributed by atoms with E-state index in [1.165, 1.54) is 25.9 Å². The van der Waals surface area contributed by atoms with Crippen LogP contribution < -0.4 is 5.73 Å². The molecule has 0 aliphatic carbocycles. The highest BCUT2D eigenvalue weighted by Crippen LogP contribution is 2.22. The Kier molecular flexibility index (Phi) is 4.20. The van der Waals surface area contributed by atoms with Crippen LogP contribution in [0.3, 0.4) is 0 Å². The molecule has 2 N–H and O–H groups in total. The first-order chi connectivity index (χ1) is 6.19. The maximum atomic E-state index is 6.04. The van der Waals surface area contributed by atoms with Gasteiger partial charge in [0.2, 0.25) is 0 Å². The van der Waals surface area contributed by atoms with Crippen molar-refractivity contribution in [2.75, 3.05) is 13.1 Å². The predicted molar refractivity (Wildman–Crippen MR) is 57.7 cm³/mol. The third-order valence-electron chi connectivity index (χ3n) is 3.56. The molecule has 3 atom stereocenters. The molecule has 1 rings (SSSR count). The molecule has 0 spiro atoms. The van der Waals surface area contributed by atoms with Crippen LogP contribution >= 0.6 is 0 Å². The number of nitrogens with zero attached hydrogens (tertiary/aromatic N) is 1. The third kappa shape index (κ3) is 2.68. The lowest BCUT2D eigenvalue weighted by Crippen LogP contribution is -2.44. The lowest BCUT2D eigenvalue weighted by Gasteiger charge is -2.28. The Hall–Kier alpha value is -0.0800. The minimum Gasteiger partial charge on any atom is -0.326 e. The lowest BCUT2D eigenvalue weighted by atomic mass is 10.1. The zero-order valence-corrected chi connectivity index (χ0v) is 9.29. The maximum Gasteiger partial charge on any atom is 0.0218 e. The molecule has 0 bridgehead atoms. The molecule has 2 heteroatoms. The summed E-state index contributed by atoms with van der Waals surface area (Å²) in [6, 6.07) is 0.928. The van der Waals surface area contributed by atoms with Crippen molar-refractivity contribution in [1.82, 2.24) is 4.90 Å². The van der Waals surface area contributed by atoms with Gasteiger partial charge in [0.05, 0.1) is 0 Å². The Morgan fingerprint density at radius 3 is 2.62 bits per heavy atom. The van der Waals surface area contributed by atoms with Gasteiger partial charge in [0.25, 0.3) is 0 Å². The molecule has 78 valence electrons. The summed E-state index contributed by atoms with van der Waals surface area (Å²) in [5.41, 5.74) is 6.04. The number of nitrogens with two attached hydrogens (primary N) is 1. The van der Waals surface area contributed by atoms with Gasteiger partial charge >= 0.3 is 0 Å². The van der Waals surface area contributed by atoms with E-state index in [1.54, 1.807) is 0 Å². The standard InChI is InChI=1S/C11H24N2/c1-4-10-6-7-13(8-10)9(3)11(12)5-2/h9-11H,4-8,12H2,1-3H3. The van der Waals surface area contributed by atoms with Gasteiger partial charge in [0, 0.05) is 18.6 Å². The molecule has 1 heterocycles. The Bertz CT molecular complexity index is 147. The molecule has 1 aliphatic rings. The molecule has 2 nitrogen and oxygen atoms in total. The minimum absolute atomic E-state index is 0.357. The van der Waals surface area contributed by atoms with E-state index >= 15 is 0 Å². The van der Waals surface area contributed by atoms with E-state index in [2.05, 4.69) is 25.7 Å². The minimum atomic E-state index is 0.357. The van der Waals surface area contributed by atoms with E-state index in [1.807, 2.05) is 0 Å². The summed E-state index contributed by atoms with van der Waals surface area (Å²) in [5.74, 6) is 0.923. The van der Waals surface area contributed by atoms with Crippen molar-refractivity contribution in [2.24, 2.45) is 11.7 Å². The van der Waals surface area contributed by atoms with E-state index < -0.39 is 0 Å². The number of likely N-dealkylation sites (tertiary alicyclic amines) is 1. The average Bonchev–Trinajstić information content (AvgIpc) is 2.63. The van der Waals surface area contributed by atoms with E-state index in [-0.39, 0.29) is 0 Å². The van der Waals surface area contributed by atoms with Gasteiger partial charge in [-0.3, -0.25) is 4.90 Å². The van der Waals surface area contributed by atoms with Crippen LogP contribution in [0.4, 0.5) is 0 Å². The monoisotopic (exact) mass is 184 g/mol. The van der Waals surface area contributed by atoms with E-state index in [4.69, 9.17) is 5.73 Å². The molecule has 0 aromatic heterocycles. The fourth-order valence-electron chi connectivity index (χ4n) is 2.18. The molecule has 3 unspecified atom stereocenters. The molecule has 0 radical (unpaired) electrons. The summed E-state index contributed by atoms with van der Waals surface area (Å²) in [4.78, 5) is 2.56. The van der Waals surface area contributed by atoms with Gasteiger partial charge in [-0.25, -0.2) is 0 Å². The number of hydrogen-bond donors (Lipinski definition) is 1. The molecule has 0 saturated carbocycles. The molecular formula is C11H24N2. The maximum absolute atomic E-state index is 6.04. The Morgan fingerprint density at radius 2 is 2.15 bits per heavy atom. The molecule has 0 aromatic rings. The Morgan fingerprint density at radius 1 is 1.46 bits per heavy atom. The topological polar surface area (TPSA) is 29.3 Å². The lowest BCUT2D eigenvalue weighted by molar-refractivity contribution is 0.215. The Balaban J connectivity index is 2.36. The van der Waals surface area contributed by atoms with Gasteiger partial charge in [0.15, 0.2) is 0 Å². The van der Waals surface area contributed by atoms with Crippen LogP contribution in [0.1, 0.15) is 40.0 Å². The summed E-state index contributed by atoms with van der Waals surface area (Å²) < 4.78 is 0. The van der Waals surface area contributed by atoms with Gasteiger partial charge < -0.3 is 5.73 Å².